The van der Waals surface area contributed by atoms with Crippen LogP contribution in [-0.4, -0.2) is 15.9 Å². The first-order valence-corrected chi connectivity index (χ1v) is 7.81. The van der Waals surface area contributed by atoms with Crippen LogP contribution in [0.4, 0.5) is 0 Å². The van der Waals surface area contributed by atoms with Crippen LogP contribution in [0, 0.1) is 11.8 Å². The number of hydrogen-bond acceptors (Lipinski definition) is 2. The minimum absolute atomic E-state index is 0.367. The van der Waals surface area contributed by atoms with Gasteiger partial charge in [-0.3, -0.25) is 4.68 Å². The van der Waals surface area contributed by atoms with Crippen LogP contribution in [0.1, 0.15) is 60.8 Å². The molecule has 3 atom stereocenters. The van der Waals surface area contributed by atoms with Gasteiger partial charge < -0.3 is 4.74 Å². The first-order chi connectivity index (χ1) is 9.15. The maximum atomic E-state index is 5.86. The highest BCUT2D eigenvalue weighted by Gasteiger charge is 2.25. The lowest BCUT2D eigenvalue weighted by Crippen LogP contribution is -2.28. The molecule has 1 aromatic rings. The summed E-state index contributed by atoms with van der Waals surface area (Å²) >= 11 is 0. The standard InChI is InChI=1S/C12H20N2O.2C2H6/c1-9-4-5-11(8-10(9)2)15-12-6-7-14(3)13-12;2*1-2/h6-7,9-11H,4-5,8H2,1-3H3;2*1-2H3. The van der Waals surface area contributed by atoms with Gasteiger partial charge in [0.25, 0.3) is 0 Å². The lowest BCUT2D eigenvalue weighted by molar-refractivity contribution is 0.0959. The van der Waals surface area contributed by atoms with Crippen LogP contribution in [0.25, 0.3) is 0 Å². The SMILES string of the molecule is CC.CC.CC1CCC(Oc2ccn(C)n2)CC1C. The average molecular weight is 268 g/mol. The van der Waals surface area contributed by atoms with Gasteiger partial charge in [0.2, 0.25) is 5.88 Å². The largest absolute Gasteiger partial charge is 0.473 e. The Morgan fingerprint density at radius 1 is 1.11 bits per heavy atom. The second-order valence-electron chi connectivity index (χ2n) is 4.84. The first kappa shape index (κ1) is 18.0. The van der Waals surface area contributed by atoms with Crippen molar-refractivity contribution in [3.8, 4) is 5.88 Å². The zero-order chi connectivity index (χ0) is 14.8. The fourth-order valence-electron chi connectivity index (χ4n) is 2.23. The van der Waals surface area contributed by atoms with Crippen LogP contribution in [-0.2, 0) is 7.05 Å². The van der Waals surface area contributed by atoms with Crippen molar-refractivity contribution in [1.29, 1.82) is 0 Å². The molecule has 0 aromatic carbocycles. The molecular formula is C16H32N2O. The number of rotatable bonds is 2. The molecule has 1 aliphatic carbocycles. The predicted molar refractivity (Wildman–Crippen MR) is 82.5 cm³/mol. The summed E-state index contributed by atoms with van der Waals surface area (Å²) in [5.41, 5.74) is 0. The Morgan fingerprint density at radius 3 is 2.21 bits per heavy atom. The van der Waals surface area contributed by atoms with E-state index in [1.807, 2.05) is 47.0 Å². The van der Waals surface area contributed by atoms with Crippen molar-refractivity contribution in [2.75, 3.05) is 0 Å². The van der Waals surface area contributed by atoms with Gasteiger partial charge in [-0.1, -0.05) is 41.5 Å². The van der Waals surface area contributed by atoms with Crippen LogP contribution in [0.3, 0.4) is 0 Å². The third kappa shape index (κ3) is 6.13. The lowest BCUT2D eigenvalue weighted by atomic mass is 9.80. The zero-order valence-electron chi connectivity index (χ0n) is 13.8. The molecule has 1 heterocycles. The molecule has 3 nitrogen and oxygen atoms in total. The summed E-state index contributed by atoms with van der Waals surface area (Å²) in [5, 5.41) is 4.24. The summed E-state index contributed by atoms with van der Waals surface area (Å²) in [7, 11) is 1.92. The summed E-state index contributed by atoms with van der Waals surface area (Å²) in [6.45, 7) is 12.7. The third-order valence-corrected chi connectivity index (χ3v) is 3.53. The summed E-state index contributed by atoms with van der Waals surface area (Å²) in [5.74, 6) is 2.38. The molecule has 0 aliphatic heterocycles. The van der Waals surface area contributed by atoms with Gasteiger partial charge in [-0.15, -0.1) is 5.10 Å². The zero-order valence-corrected chi connectivity index (χ0v) is 13.8. The molecule has 19 heavy (non-hydrogen) atoms. The molecule has 0 bridgehead atoms. The monoisotopic (exact) mass is 268 g/mol. The van der Waals surface area contributed by atoms with E-state index in [-0.39, 0.29) is 0 Å². The van der Waals surface area contributed by atoms with Gasteiger partial charge in [-0.25, -0.2) is 0 Å². The number of hydrogen-bond donors (Lipinski definition) is 0. The molecule has 0 amide bonds. The van der Waals surface area contributed by atoms with E-state index in [1.54, 1.807) is 4.68 Å². The van der Waals surface area contributed by atoms with Crippen molar-refractivity contribution in [2.24, 2.45) is 18.9 Å². The van der Waals surface area contributed by atoms with Gasteiger partial charge in [-0.05, 0) is 31.1 Å². The summed E-state index contributed by atoms with van der Waals surface area (Å²) < 4.78 is 7.64. The van der Waals surface area contributed by atoms with E-state index in [0.29, 0.717) is 6.10 Å². The maximum absolute atomic E-state index is 5.86. The molecule has 1 saturated carbocycles. The van der Waals surface area contributed by atoms with E-state index in [4.69, 9.17) is 4.74 Å². The molecule has 3 heteroatoms. The van der Waals surface area contributed by atoms with Crippen LogP contribution < -0.4 is 4.74 Å². The Kier molecular flexibility index (Phi) is 9.36. The van der Waals surface area contributed by atoms with Crippen LogP contribution in [0.5, 0.6) is 5.88 Å². The quantitative estimate of drug-likeness (QED) is 0.779. The minimum Gasteiger partial charge on any atom is -0.473 e. The van der Waals surface area contributed by atoms with Crippen molar-refractivity contribution < 1.29 is 4.74 Å². The number of ether oxygens (including phenoxy) is 1. The third-order valence-electron chi connectivity index (χ3n) is 3.53. The highest BCUT2D eigenvalue weighted by atomic mass is 16.5. The van der Waals surface area contributed by atoms with Crippen molar-refractivity contribution >= 4 is 0 Å². The Morgan fingerprint density at radius 2 is 1.74 bits per heavy atom. The Bertz CT molecular complexity index is 322. The van der Waals surface area contributed by atoms with Crippen molar-refractivity contribution in [1.82, 2.24) is 9.78 Å². The fourth-order valence-corrected chi connectivity index (χ4v) is 2.23. The van der Waals surface area contributed by atoms with E-state index >= 15 is 0 Å². The molecule has 0 radical (unpaired) electrons. The molecular weight excluding hydrogens is 236 g/mol. The molecule has 2 rings (SSSR count). The molecule has 1 aliphatic rings. The molecule has 0 N–H and O–H groups in total. The van der Waals surface area contributed by atoms with E-state index in [9.17, 15) is 0 Å². The van der Waals surface area contributed by atoms with Crippen LogP contribution in [0.15, 0.2) is 12.3 Å². The van der Waals surface area contributed by atoms with Gasteiger partial charge in [-0.2, -0.15) is 0 Å². The molecule has 0 spiro atoms. The van der Waals surface area contributed by atoms with Crippen molar-refractivity contribution in [2.45, 2.75) is 66.9 Å². The van der Waals surface area contributed by atoms with E-state index in [2.05, 4.69) is 18.9 Å². The van der Waals surface area contributed by atoms with Gasteiger partial charge in [0.05, 0.1) is 0 Å². The molecule has 1 fully saturated rings. The van der Waals surface area contributed by atoms with Crippen molar-refractivity contribution in [3.63, 3.8) is 0 Å². The lowest BCUT2D eigenvalue weighted by Gasteiger charge is -2.31. The van der Waals surface area contributed by atoms with E-state index in [0.717, 1.165) is 24.1 Å². The van der Waals surface area contributed by atoms with Gasteiger partial charge >= 0.3 is 0 Å². The predicted octanol–water partition coefficient (Wildman–Crippen LogP) is 4.68. The maximum Gasteiger partial charge on any atom is 0.232 e. The number of aromatic nitrogens is 2. The van der Waals surface area contributed by atoms with Crippen molar-refractivity contribution in [3.05, 3.63) is 12.3 Å². The Balaban J connectivity index is 0.000000741. The molecule has 3 unspecified atom stereocenters. The second-order valence-corrected chi connectivity index (χ2v) is 4.84. The summed E-state index contributed by atoms with van der Waals surface area (Å²) in [6.07, 6.45) is 5.90. The topological polar surface area (TPSA) is 27.1 Å². The summed E-state index contributed by atoms with van der Waals surface area (Å²) in [6, 6.07) is 1.93. The molecule has 0 saturated heterocycles. The minimum atomic E-state index is 0.367. The fraction of sp³-hybridized carbons (Fsp3) is 0.812. The number of nitrogens with zero attached hydrogens (tertiary/aromatic N) is 2. The highest BCUT2D eigenvalue weighted by molar-refractivity contribution is 5.06. The second kappa shape index (κ2) is 9.88. The molecule has 1 aromatic heterocycles. The normalized spacial score (nSPS) is 25.5. The van der Waals surface area contributed by atoms with Gasteiger partial charge in [0, 0.05) is 19.3 Å². The number of aryl methyl sites for hydroxylation is 1. The first-order valence-electron chi connectivity index (χ1n) is 7.81. The molecule has 112 valence electrons. The Labute approximate surface area is 119 Å². The summed E-state index contributed by atoms with van der Waals surface area (Å²) in [4.78, 5) is 0. The van der Waals surface area contributed by atoms with Gasteiger partial charge in [0.15, 0.2) is 0 Å². The van der Waals surface area contributed by atoms with E-state index in [1.165, 1.54) is 12.8 Å². The highest BCUT2D eigenvalue weighted by Crippen LogP contribution is 2.31. The smallest absolute Gasteiger partial charge is 0.232 e. The van der Waals surface area contributed by atoms with E-state index < -0.39 is 0 Å². The van der Waals surface area contributed by atoms with Crippen LogP contribution >= 0.6 is 0 Å². The van der Waals surface area contributed by atoms with Gasteiger partial charge in [0.1, 0.15) is 6.10 Å². The van der Waals surface area contributed by atoms with Crippen LogP contribution in [0.2, 0.25) is 0 Å². The Hall–Kier alpha value is -0.990. The average Bonchev–Trinajstić information content (AvgIpc) is 2.84.